The molecule has 2 aromatic carbocycles. The Kier molecular flexibility index (Phi) is 6.75. The molecular formula is C27H28FNO3S. The third-order valence-electron chi connectivity index (χ3n) is 6.18. The van der Waals surface area contributed by atoms with Crippen molar-refractivity contribution in [2.24, 2.45) is 0 Å². The predicted molar refractivity (Wildman–Crippen MR) is 128 cm³/mol. The minimum atomic E-state index is -0.481. The summed E-state index contributed by atoms with van der Waals surface area (Å²) in [7, 11) is 0. The number of dihydropyridines is 1. The fraction of sp³-hybridized carbons (Fsp3) is 0.333. The summed E-state index contributed by atoms with van der Waals surface area (Å²) in [6, 6.07) is 14.3. The summed E-state index contributed by atoms with van der Waals surface area (Å²) in [5, 5.41) is 3.35. The fourth-order valence-corrected chi connectivity index (χ4v) is 5.10. The lowest BCUT2D eigenvalue weighted by molar-refractivity contribution is -0.143. The van der Waals surface area contributed by atoms with E-state index < -0.39 is 11.9 Å². The highest BCUT2D eigenvalue weighted by Crippen LogP contribution is 2.46. The molecule has 4 nitrogen and oxygen atoms in total. The van der Waals surface area contributed by atoms with Crippen LogP contribution in [0.4, 0.5) is 4.39 Å². The van der Waals surface area contributed by atoms with Crippen LogP contribution in [0.1, 0.15) is 56.6 Å². The second-order valence-corrected chi connectivity index (χ2v) is 9.68. The lowest BCUT2D eigenvalue weighted by Gasteiger charge is -2.37. The van der Waals surface area contributed by atoms with Gasteiger partial charge in [0.25, 0.3) is 0 Å². The summed E-state index contributed by atoms with van der Waals surface area (Å²) in [5.41, 5.74) is 4.47. The number of Topliss-reactive ketones (excluding diaryl/α,β-unsaturated/α-hetero) is 1. The number of allylic oxidation sites excluding steroid dienone is 3. The summed E-state index contributed by atoms with van der Waals surface area (Å²) in [4.78, 5) is 27.8. The molecule has 1 heterocycles. The number of thioether (sulfide) groups is 1. The molecule has 4 rings (SSSR count). The van der Waals surface area contributed by atoms with Crippen LogP contribution in [-0.4, -0.2) is 24.1 Å². The molecule has 1 N–H and O–H groups in total. The number of hydrogen-bond donors (Lipinski definition) is 1. The Morgan fingerprint density at radius 3 is 2.30 bits per heavy atom. The second-order valence-electron chi connectivity index (χ2n) is 8.80. The van der Waals surface area contributed by atoms with E-state index in [1.165, 1.54) is 12.1 Å². The molecule has 0 spiro atoms. The van der Waals surface area contributed by atoms with Gasteiger partial charge in [-0.25, -0.2) is 9.18 Å². The molecular weight excluding hydrogens is 437 g/mol. The van der Waals surface area contributed by atoms with Crippen LogP contribution < -0.4 is 5.32 Å². The van der Waals surface area contributed by atoms with Crippen molar-refractivity contribution < 1.29 is 18.7 Å². The molecule has 0 fully saturated rings. The van der Waals surface area contributed by atoms with Crippen LogP contribution in [0.15, 0.2) is 76.0 Å². The summed E-state index contributed by atoms with van der Waals surface area (Å²) < 4.78 is 19.0. The molecule has 0 saturated carbocycles. The third kappa shape index (κ3) is 4.76. The number of carbonyl (C=O) groups is 2. The monoisotopic (exact) mass is 465 g/mol. The van der Waals surface area contributed by atoms with Gasteiger partial charge in [0.15, 0.2) is 5.78 Å². The maximum absolute atomic E-state index is 13.5. The molecule has 0 radical (unpaired) electrons. The van der Waals surface area contributed by atoms with E-state index in [1.54, 1.807) is 23.9 Å². The van der Waals surface area contributed by atoms with Crippen LogP contribution in [-0.2, 0) is 14.3 Å². The van der Waals surface area contributed by atoms with Gasteiger partial charge in [-0.05, 0) is 74.8 Å². The molecule has 2 aromatic rings. The van der Waals surface area contributed by atoms with Crippen molar-refractivity contribution in [1.29, 1.82) is 0 Å². The molecule has 6 heteroatoms. The quantitative estimate of drug-likeness (QED) is 0.443. The Bertz CT molecular complexity index is 1130. The third-order valence-corrected chi connectivity index (χ3v) is 6.92. The van der Waals surface area contributed by atoms with Crippen molar-refractivity contribution in [2.75, 3.05) is 6.26 Å². The second kappa shape index (κ2) is 9.56. The SMILES string of the molecule is CSc1ccc([C@H]2C(C(=O)OC(C)C)=C(C)NC3=C2C(=O)C[C@H](c2ccc(F)cc2)C3)cc1. The van der Waals surface area contributed by atoms with Crippen LogP contribution in [0.25, 0.3) is 0 Å². The van der Waals surface area contributed by atoms with Crippen molar-refractivity contribution in [3.05, 3.63) is 88.0 Å². The number of ether oxygens (including phenoxy) is 1. The van der Waals surface area contributed by atoms with Crippen molar-refractivity contribution in [3.8, 4) is 0 Å². The predicted octanol–water partition coefficient (Wildman–Crippen LogP) is 5.86. The largest absolute Gasteiger partial charge is 0.460 e. The minimum Gasteiger partial charge on any atom is -0.460 e. The lowest BCUT2D eigenvalue weighted by atomic mass is 9.72. The molecule has 1 aliphatic heterocycles. The van der Waals surface area contributed by atoms with Gasteiger partial charge in [0.1, 0.15) is 5.82 Å². The number of hydrogen-bond acceptors (Lipinski definition) is 5. The van der Waals surface area contributed by atoms with Crippen molar-refractivity contribution in [2.45, 2.75) is 56.4 Å². The smallest absolute Gasteiger partial charge is 0.337 e. The maximum Gasteiger partial charge on any atom is 0.337 e. The molecule has 0 saturated heterocycles. The number of nitrogens with one attached hydrogen (secondary N) is 1. The van der Waals surface area contributed by atoms with E-state index in [0.29, 0.717) is 29.7 Å². The highest BCUT2D eigenvalue weighted by Gasteiger charge is 2.41. The van der Waals surface area contributed by atoms with Gasteiger partial charge in [-0.2, -0.15) is 0 Å². The van der Waals surface area contributed by atoms with Crippen molar-refractivity contribution >= 4 is 23.5 Å². The standard InChI is InChI=1S/C27H28FNO3S/c1-15(2)32-27(31)24-16(3)29-22-13-19(17-5-9-20(28)10-6-17)14-23(30)26(22)25(24)18-7-11-21(33-4)12-8-18/h5-12,15,19,25,29H,13-14H2,1-4H3/t19-,25+/m1/s1. The zero-order valence-electron chi connectivity index (χ0n) is 19.3. The van der Waals surface area contributed by atoms with Crippen LogP contribution in [0.5, 0.6) is 0 Å². The molecule has 0 bridgehead atoms. The number of halogens is 1. The Morgan fingerprint density at radius 1 is 1.06 bits per heavy atom. The van der Waals surface area contributed by atoms with Gasteiger partial charge < -0.3 is 10.1 Å². The number of benzene rings is 2. The van der Waals surface area contributed by atoms with E-state index in [2.05, 4.69) is 5.32 Å². The van der Waals surface area contributed by atoms with E-state index in [4.69, 9.17) is 4.74 Å². The lowest BCUT2D eigenvalue weighted by Crippen LogP contribution is -2.36. The van der Waals surface area contributed by atoms with Gasteiger partial charge in [0.2, 0.25) is 0 Å². The van der Waals surface area contributed by atoms with E-state index >= 15 is 0 Å². The van der Waals surface area contributed by atoms with E-state index in [9.17, 15) is 14.0 Å². The molecule has 2 aliphatic rings. The Hall–Kier alpha value is -2.86. The van der Waals surface area contributed by atoms with Gasteiger partial charge in [0, 0.05) is 34.2 Å². The number of esters is 1. The number of rotatable bonds is 5. The zero-order valence-corrected chi connectivity index (χ0v) is 20.1. The number of ketones is 1. The van der Waals surface area contributed by atoms with Crippen LogP contribution in [0.3, 0.4) is 0 Å². The molecule has 0 amide bonds. The van der Waals surface area contributed by atoms with Gasteiger partial charge >= 0.3 is 5.97 Å². The highest BCUT2D eigenvalue weighted by atomic mass is 32.2. The Balaban J connectivity index is 1.78. The summed E-state index contributed by atoms with van der Waals surface area (Å²) in [6.45, 7) is 5.49. The first-order valence-electron chi connectivity index (χ1n) is 11.1. The molecule has 1 aliphatic carbocycles. The van der Waals surface area contributed by atoms with Crippen LogP contribution >= 0.6 is 11.8 Å². The number of carbonyl (C=O) groups excluding carboxylic acids is 2. The van der Waals surface area contributed by atoms with Gasteiger partial charge in [-0.3, -0.25) is 4.79 Å². The van der Waals surface area contributed by atoms with E-state index in [-0.39, 0.29) is 23.6 Å². The molecule has 33 heavy (non-hydrogen) atoms. The van der Waals surface area contributed by atoms with Gasteiger partial charge in [-0.1, -0.05) is 24.3 Å². The first kappa shape index (κ1) is 23.3. The molecule has 172 valence electrons. The normalized spacial score (nSPS) is 20.6. The van der Waals surface area contributed by atoms with Crippen molar-refractivity contribution in [1.82, 2.24) is 5.32 Å². The summed E-state index contributed by atoms with van der Waals surface area (Å²) in [5.74, 6) is -1.23. The van der Waals surface area contributed by atoms with Gasteiger partial charge in [0.05, 0.1) is 11.7 Å². The first-order valence-corrected chi connectivity index (χ1v) is 12.3. The molecule has 0 aromatic heterocycles. The minimum absolute atomic E-state index is 0.000588. The Morgan fingerprint density at radius 2 is 1.70 bits per heavy atom. The van der Waals surface area contributed by atoms with E-state index in [1.807, 2.05) is 51.3 Å². The van der Waals surface area contributed by atoms with Crippen LogP contribution in [0.2, 0.25) is 0 Å². The first-order chi connectivity index (χ1) is 15.8. The molecule has 2 atom stereocenters. The topological polar surface area (TPSA) is 55.4 Å². The maximum atomic E-state index is 13.5. The highest BCUT2D eigenvalue weighted by molar-refractivity contribution is 7.98. The van der Waals surface area contributed by atoms with Crippen LogP contribution in [0, 0.1) is 5.82 Å². The van der Waals surface area contributed by atoms with Crippen molar-refractivity contribution in [3.63, 3.8) is 0 Å². The summed E-state index contributed by atoms with van der Waals surface area (Å²) >= 11 is 1.64. The zero-order chi connectivity index (χ0) is 23.7. The fourth-order valence-electron chi connectivity index (χ4n) is 4.69. The summed E-state index contributed by atoms with van der Waals surface area (Å²) in [6.07, 6.45) is 2.68. The Labute approximate surface area is 198 Å². The molecule has 0 unspecified atom stereocenters. The van der Waals surface area contributed by atoms with Gasteiger partial charge in [-0.15, -0.1) is 11.8 Å². The average molecular weight is 466 g/mol. The average Bonchev–Trinajstić information content (AvgIpc) is 2.78. The van der Waals surface area contributed by atoms with E-state index in [0.717, 1.165) is 21.7 Å².